The lowest BCUT2D eigenvalue weighted by molar-refractivity contribution is -0.300. The lowest BCUT2D eigenvalue weighted by Gasteiger charge is -2.16. The van der Waals surface area contributed by atoms with E-state index in [1.807, 2.05) is 10.7 Å². The molecule has 7 N–H and O–H groups in total. The lowest BCUT2D eigenvalue weighted by Crippen LogP contribution is -2.53. The molecule has 0 heterocycles. The van der Waals surface area contributed by atoms with Gasteiger partial charge in [-0.15, -0.1) is 0 Å². The number of carboxylic acids is 1. The van der Waals surface area contributed by atoms with E-state index in [1.54, 1.807) is 5.43 Å². The summed E-state index contributed by atoms with van der Waals surface area (Å²) in [7, 11) is 0. The average molecular weight is 246 g/mol. The van der Waals surface area contributed by atoms with E-state index in [2.05, 4.69) is 0 Å². The summed E-state index contributed by atoms with van der Waals surface area (Å²) in [5.74, 6) is 4.72. The van der Waals surface area contributed by atoms with E-state index in [1.165, 1.54) is 0 Å². The first-order chi connectivity index (χ1) is 7.92. The molecular formula is C7H12N5O5-. The summed E-state index contributed by atoms with van der Waals surface area (Å²) in [6.45, 7) is 0. The van der Waals surface area contributed by atoms with Crippen LogP contribution < -0.4 is 33.0 Å². The number of carboxylic acid groups (broad SMARTS) is 1. The monoisotopic (exact) mass is 246 g/mol. The van der Waals surface area contributed by atoms with Gasteiger partial charge in [0.05, 0.1) is 0 Å². The van der Waals surface area contributed by atoms with Gasteiger partial charge in [-0.2, -0.15) is 0 Å². The summed E-state index contributed by atoms with van der Waals surface area (Å²) in [6, 6.07) is -1.26. The summed E-state index contributed by atoms with van der Waals surface area (Å²) in [4.78, 5) is 42.9. The largest absolute Gasteiger partial charge is 0.540 e. The van der Waals surface area contributed by atoms with Crippen molar-refractivity contribution in [1.82, 2.24) is 16.2 Å². The topological polar surface area (TPSA) is 179 Å². The van der Waals surface area contributed by atoms with Crippen molar-refractivity contribution in [3.05, 3.63) is 0 Å². The van der Waals surface area contributed by atoms with Crippen molar-refractivity contribution < 1.29 is 24.3 Å². The van der Waals surface area contributed by atoms with E-state index >= 15 is 0 Å². The predicted octanol–water partition coefficient (Wildman–Crippen LogP) is -5.02. The molecule has 0 unspecified atom stereocenters. The third-order valence-corrected chi connectivity index (χ3v) is 1.77. The summed E-state index contributed by atoms with van der Waals surface area (Å²) < 4.78 is 0. The minimum Gasteiger partial charge on any atom is -0.540 e. The Bertz CT molecular complexity index is 331. The zero-order valence-corrected chi connectivity index (χ0v) is 8.69. The van der Waals surface area contributed by atoms with Crippen molar-refractivity contribution >= 4 is 23.7 Å². The maximum absolute atomic E-state index is 11.1. The van der Waals surface area contributed by atoms with Crippen LogP contribution in [0.4, 0.5) is 0 Å². The number of amides is 3. The van der Waals surface area contributed by atoms with Gasteiger partial charge >= 0.3 is 0 Å². The van der Waals surface area contributed by atoms with E-state index in [-0.39, 0.29) is 12.8 Å². The first-order valence-electron chi connectivity index (χ1n) is 4.44. The minimum absolute atomic E-state index is 0.162. The molecule has 0 spiro atoms. The Morgan fingerprint density at radius 1 is 1.12 bits per heavy atom. The molecule has 0 aliphatic rings. The van der Waals surface area contributed by atoms with Crippen molar-refractivity contribution in [3.8, 4) is 0 Å². The molecule has 3 amide bonds. The van der Waals surface area contributed by atoms with Gasteiger partial charge < -0.3 is 15.2 Å². The van der Waals surface area contributed by atoms with Crippen LogP contribution in [0, 0.1) is 0 Å². The number of carbonyl (C=O) groups is 4. The van der Waals surface area contributed by atoms with Crippen molar-refractivity contribution in [2.45, 2.75) is 18.9 Å². The van der Waals surface area contributed by atoms with Gasteiger partial charge in [0.2, 0.25) is 5.91 Å². The van der Waals surface area contributed by atoms with Gasteiger partial charge in [-0.05, 0) is 6.42 Å². The van der Waals surface area contributed by atoms with Crippen LogP contribution in [0.1, 0.15) is 12.8 Å². The Morgan fingerprint density at radius 3 is 2.12 bits per heavy atom. The molecule has 0 rings (SSSR count). The second-order valence-corrected chi connectivity index (χ2v) is 2.93. The van der Waals surface area contributed by atoms with Crippen molar-refractivity contribution in [2.24, 2.45) is 11.7 Å². The highest BCUT2D eigenvalue weighted by molar-refractivity contribution is 6.30. The van der Waals surface area contributed by atoms with E-state index in [0.717, 1.165) is 0 Å². The van der Waals surface area contributed by atoms with Gasteiger partial charge in [0, 0.05) is 6.42 Å². The zero-order chi connectivity index (χ0) is 13.4. The molecule has 0 radical (unpaired) electrons. The molecule has 0 saturated carbocycles. The van der Waals surface area contributed by atoms with Crippen LogP contribution in [-0.4, -0.2) is 29.7 Å². The minimum atomic E-state index is -2.00. The van der Waals surface area contributed by atoms with E-state index in [4.69, 9.17) is 11.7 Å². The lowest BCUT2D eigenvalue weighted by atomic mass is 10.1. The molecule has 0 aromatic rings. The third-order valence-electron chi connectivity index (χ3n) is 1.77. The number of hydrazine groups is 2. The second kappa shape index (κ2) is 7.14. The van der Waals surface area contributed by atoms with Crippen LogP contribution in [0.2, 0.25) is 0 Å². The molecule has 0 bridgehead atoms. The molecule has 0 aromatic heterocycles. The number of aliphatic carboxylic acids is 1. The first-order valence-corrected chi connectivity index (χ1v) is 4.44. The van der Waals surface area contributed by atoms with Crippen LogP contribution in [-0.2, 0) is 19.2 Å². The molecular weight excluding hydrogens is 234 g/mol. The summed E-state index contributed by atoms with van der Waals surface area (Å²) >= 11 is 0. The molecule has 10 heteroatoms. The molecule has 0 saturated heterocycles. The fraction of sp³-hybridized carbons (Fsp3) is 0.429. The smallest absolute Gasteiger partial charge is 0.267 e. The highest BCUT2D eigenvalue weighted by Crippen LogP contribution is 1.97. The molecule has 0 fully saturated rings. The first kappa shape index (κ1) is 14.8. The maximum atomic E-state index is 11.1. The van der Waals surface area contributed by atoms with E-state index in [9.17, 15) is 24.3 Å². The van der Waals surface area contributed by atoms with Crippen molar-refractivity contribution in [1.29, 1.82) is 0 Å². The number of nitrogens with one attached hydrogen (secondary N) is 3. The summed E-state index contributed by atoms with van der Waals surface area (Å²) in [6.07, 6.45) is -0.354. The fourth-order valence-electron chi connectivity index (χ4n) is 0.934. The molecule has 0 aliphatic heterocycles. The normalized spacial score (nSPS) is 11.2. The maximum Gasteiger partial charge on any atom is 0.267 e. The number of hydrogen-bond donors (Lipinski definition) is 5. The second-order valence-electron chi connectivity index (χ2n) is 2.93. The molecule has 1 atom stereocenters. The highest BCUT2D eigenvalue weighted by atomic mass is 16.4. The van der Waals surface area contributed by atoms with Crippen LogP contribution in [0.5, 0.6) is 0 Å². The van der Waals surface area contributed by atoms with Crippen LogP contribution in [0.3, 0.4) is 0 Å². The standard InChI is InChI=1S/C7H13N5O5/c8-11-4(13)2-1-3(5(14)12-9)10-6(15)7(16)17/h3H,1-2,8-9H2,(H,10,15)(H,11,13)(H,12,14)(H,16,17)/p-1/t3-/m0/s1. The molecule has 17 heavy (non-hydrogen) atoms. The van der Waals surface area contributed by atoms with Gasteiger partial charge in [-0.1, -0.05) is 0 Å². The Hall–Kier alpha value is -2.20. The van der Waals surface area contributed by atoms with E-state index < -0.39 is 29.7 Å². The summed E-state index contributed by atoms with van der Waals surface area (Å²) in [5.41, 5.74) is 3.53. The number of nitrogens with two attached hydrogens (primary N) is 2. The van der Waals surface area contributed by atoms with Crippen LogP contribution >= 0.6 is 0 Å². The Morgan fingerprint density at radius 2 is 1.71 bits per heavy atom. The Kier molecular flexibility index (Phi) is 6.21. The molecule has 0 aliphatic carbocycles. The number of rotatable bonds is 5. The Labute approximate surface area is 95.6 Å². The molecule has 10 nitrogen and oxygen atoms in total. The van der Waals surface area contributed by atoms with Crippen molar-refractivity contribution in [2.75, 3.05) is 0 Å². The number of carbonyl (C=O) groups excluding carboxylic acids is 4. The SMILES string of the molecule is NNC(=O)CC[C@H](NC(=O)C(=O)[O-])C(=O)NN. The molecule has 96 valence electrons. The van der Waals surface area contributed by atoms with E-state index in [0.29, 0.717) is 0 Å². The van der Waals surface area contributed by atoms with Gasteiger partial charge in [-0.3, -0.25) is 25.2 Å². The fourth-order valence-corrected chi connectivity index (χ4v) is 0.934. The van der Waals surface area contributed by atoms with Gasteiger partial charge in [0.15, 0.2) is 0 Å². The zero-order valence-electron chi connectivity index (χ0n) is 8.69. The van der Waals surface area contributed by atoms with Crippen molar-refractivity contribution in [3.63, 3.8) is 0 Å². The average Bonchev–Trinajstić information content (AvgIpc) is 2.32. The van der Waals surface area contributed by atoms with Crippen LogP contribution in [0.25, 0.3) is 0 Å². The van der Waals surface area contributed by atoms with Gasteiger partial charge in [0.1, 0.15) is 12.0 Å². The van der Waals surface area contributed by atoms with Gasteiger partial charge in [0.25, 0.3) is 11.8 Å². The predicted molar refractivity (Wildman–Crippen MR) is 50.8 cm³/mol. The highest BCUT2D eigenvalue weighted by Gasteiger charge is 2.21. The molecule has 0 aromatic carbocycles. The quantitative estimate of drug-likeness (QED) is 0.139. The Balaban J connectivity index is 4.44. The third kappa shape index (κ3) is 5.44. The number of hydrogen-bond acceptors (Lipinski definition) is 7. The van der Waals surface area contributed by atoms with Gasteiger partial charge in [-0.25, -0.2) is 11.7 Å². The summed E-state index contributed by atoms with van der Waals surface area (Å²) in [5, 5.41) is 12.0. The van der Waals surface area contributed by atoms with Crippen LogP contribution in [0.15, 0.2) is 0 Å².